The van der Waals surface area contributed by atoms with Gasteiger partial charge in [0.2, 0.25) is 0 Å². The highest BCUT2D eigenvalue weighted by Crippen LogP contribution is 2.46. The van der Waals surface area contributed by atoms with Crippen LogP contribution in [0.4, 0.5) is 0 Å². The first-order chi connectivity index (χ1) is 9.72. The predicted octanol–water partition coefficient (Wildman–Crippen LogP) is 5.35. The van der Waals surface area contributed by atoms with Crippen LogP contribution in [0.25, 0.3) is 0 Å². The molecule has 2 nitrogen and oxygen atoms in total. The molecule has 2 atom stereocenters. The number of fused-ring (bicyclic) bond motifs is 2. The van der Waals surface area contributed by atoms with Gasteiger partial charge in [0.15, 0.2) is 0 Å². The second kappa shape index (κ2) is 6.30. The van der Waals surface area contributed by atoms with Gasteiger partial charge in [0, 0.05) is 0 Å². The zero-order chi connectivity index (χ0) is 15.7. The van der Waals surface area contributed by atoms with Crippen LogP contribution in [0.2, 0.25) is 0 Å². The molecule has 2 aliphatic rings. The first-order valence-electron chi connectivity index (χ1n) is 8.95. The fraction of sp³-hybridized carbons (Fsp3) is 0.947. The topological polar surface area (TPSA) is 26.3 Å². The normalized spacial score (nSPS) is 29.5. The van der Waals surface area contributed by atoms with Crippen molar-refractivity contribution in [2.45, 2.75) is 91.6 Å². The third-order valence-electron chi connectivity index (χ3n) is 5.94. The van der Waals surface area contributed by atoms with Crippen LogP contribution in [0.3, 0.4) is 0 Å². The number of hydrogen-bond acceptors (Lipinski definition) is 2. The molecule has 2 aliphatic carbocycles. The van der Waals surface area contributed by atoms with Gasteiger partial charge in [-0.25, -0.2) is 0 Å². The molecule has 0 heterocycles. The van der Waals surface area contributed by atoms with Gasteiger partial charge in [-0.3, -0.25) is 4.79 Å². The molecule has 0 radical (unpaired) electrons. The quantitative estimate of drug-likeness (QED) is 0.617. The van der Waals surface area contributed by atoms with Crippen molar-refractivity contribution < 1.29 is 9.53 Å². The highest BCUT2D eigenvalue weighted by atomic mass is 16.6. The molecule has 0 aromatic carbocycles. The van der Waals surface area contributed by atoms with E-state index in [0.717, 1.165) is 30.6 Å². The highest BCUT2D eigenvalue weighted by Gasteiger charge is 2.36. The van der Waals surface area contributed by atoms with Crippen molar-refractivity contribution in [1.29, 1.82) is 0 Å². The van der Waals surface area contributed by atoms with Crippen molar-refractivity contribution in [1.82, 2.24) is 0 Å². The summed E-state index contributed by atoms with van der Waals surface area (Å²) in [7, 11) is 0. The van der Waals surface area contributed by atoms with E-state index in [9.17, 15) is 4.79 Å². The van der Waals surface area contributed by atoms with Crippen LogP contribution < -0.4 is 0 Å². The third-order valence-corrected chi connectivity index (χ3v) is 5.94. The summed E-state index contributed by atoms with van der Waals surface area (Å²) in [5.74, 6) is 2.82. The van der Waals surface area contributed by atoms with Gasteiger partial charge < -0.3 is 4.74 Å². The Morgan fingerprint density at radius 1 is 1.05 bits per heavy atom. The summed E-state index contributed by atoms with van der Waals surface area (Å²) in [6.45, 7) is 10.2. The maximum Gasteiger partial charge on any atom is 0.312 e. The van der Waals surface area contributed by atoms with E-state index in [4.69, 9.17) is 4.74 Å². The maximum absolute atomic E-state index is 12.3. The van der Waals surface area contributed by atoms with Gasteiger partial charge >= 0.3 is 5.97 Å². The molecule has 2 heteroatoms. The number of rotatable bonds is 6. The SMILES string of the molecule is CCC(C)(C)C(=O)OC(C)(C)CCC1CC2CCC(C2)C1. The standard InChI is InChI=1S/C19H34O2/c1-6-18(2,3)17(20)21-19(4,5)10-9-16-12-14-7-8-15(11-14)13-16/h14-16H,6-13H2,1-5H3. The Hall–Kier alpha value is -0.530. The van der Waals surface area contributed by atoms with Gasteiger partial charge in [-0.15, -0.1) is 0 Å². The van der Waals surface area contributed by atoms with Crippen LogP contribution in [-0.4, -0.2) is 11.6 Å². The molecule has 0 aromatic rings. The number of esters is 1. The number of carbonyl (C=O) groups is 1. The smallest absolute Gasteiger partial charge is 0.312 e. The first kappa shape index (κ1) is 16.8. The molecule has 122 valence electrons. The minimum absolute atomic E-state index is 0.0429. The molecular formula is C19H34O2. The third kappa shape index (κ3) is 4.47. The van der Waals surface area contributed by atoms with Gasteiger partial charge in [0.25, 0.3) is 0 Å². The van der Waals surface area contributed by atoms with Crippen molar-refractivity contribution in [2.24, 2.45) is 23.2 Å². The monoisotopic (exact) mass is 294 g/mol. The molecule has 0 aromatic heterocycles. The van der Waals surface area contributed by atoms with E-state index in [0.29, 0.717) is 0 Å². The van der Waals surface area contributed by atoms with E-state index in [1.807, 2.05) is 20.8 Å². The van der Waals surface area contributed by atoms with E-state index in [2.05, 4.69) is 13.8 Å². The van der Waals surface area contributed by atoms with Crippen molar-refractivity contribution in [3.05, 3.63) is 0 Å². The van der Waals surface area contributed by atoms with Crippen LogP contribution in [0, 0.1) is 23.2 Å². The van der Waals surface area contributed by atoms with E-state index in [-0.39, 0.29) is 17.0 Å². The zero-order valence-corrected chi connectivity index (χ0v) is 14.7. The van der Waals surface area contributed by atoms with Crippen molar-refractivity contribution >= 4 is 5.97 Å². The molecule has 0 amide bonds. The van der Waals surface area contributed by atoms with Crippen LogP contribution in [0.1, 0.15) is 86.0 Å². The Morgan fingerprint density at radius 2 is 1.62 bits per heavy atom. The second-order valence-electron chi connectivity index (χ2n) is 8.81. The lowest BCUT2D eigenvalue weighted by Crippen LogP contribution is -2.36. The molecule has 0 spiro atoms. The summed E-state index contributed by atoms with van der Waals surface area (Å²) in [5.41, 5.74) is -0.679. The van der Waals surface area contributed by atoms with E-state index in [1.54, 1.807) is 0 Å². The number of ether oxygens (including phenoxy) is 1. The van der Waals surface area contributed by atoms with Gasteiger partial charge in [-0.05, 0) is 84.0 Å². The van der Waals surface area contributed by atoms with Gasteiger partial charge in [0.1, 0.15) is 5.60 Å². The fourth-order valence-corrected chi connectivity index (χ4v) is 4.02. The van der Waals surface area contributed by atoms with E-state index < -0.39 is 0 Å². The summed E-state index contributed by atoms with van der Waals surface area (Å²) in [5, 5.41) is 0. The van der Waals surface area contributed by atoms with E-state index >= 15 is 0 Å². The van der Waals surface area contributed by atoms with E-state index in [1.165, 1.54) is 38.5 Å². The Labute approximate surface area is 131 Å². The van der Waals surface area contributed by atoms with Crippen LogP contribution in [0.5, 0.6) is 0 Å². The highest BCUT2D eigenvalue weighted by molar-refractivity contribution is 5.76. The van der Waals surface area contributed by atoms with Crippen LogP contribution in [0.15, 0.2) is 0 Å². The largest absolute Gasteiger partial charge is 0.459 e. The van der Waals surface area contributed by atoms with Gasteiger partial charge in [-0.2, -0.15) is 0 Å². The number of hydrogen-bond donors (Lipinski definition) is 0. The molecule has 0 aliphatic heterocycles. The molecular weight excluding hydrogens is 260 g/mol. The molecule has 2 fully saturated rings. The Bertz CT molecular complexity index is 358. The minimum atomic E-state index is -0.360. The Balaban J connectivity index is 1.80. The van der Waals surface area contributed by atoms with Gasteiger partial charge in [0.05, 0.1) is 5.41 Å². The summed E-state index contributed by atoms with van der Waals surface area (Å²) >= 11 is 0. The lowest BCUT2D eigenvalue weighted by Gasteiger charge is -2.33. The second-order valence-corrected chi connectivity index (χ2v) is 8.81. The fourth-order valence-electron chi connectivity index (χ4n) is 4.02. The lowest BCUT2D eigenvalue weighted by molar-refractivity contribution is -0.168. The first-order valence-corrected chi connectivity index (χ1v) is 8.95. The molecule has 2 bridgehead atoms. The van der Waals surface area contributed by atoms with Gasteiger partial charge in [-0.1, -0.05) is 19.8 Å². The summed E-state index contributed by atoms with van der Waals surface area (Å²) in [4.78, 5) is 12.3. The number of carbonyl (C=O) groups excluding carboxylic acids is 1. The molecule has 2 rings (SSSR count). The molecule has 2 unspecified atom stereocenters. The molecule has 2 saturated carbocycles. The summed E-state index contributed by atoms with van der Waals surface area (Å²) < 4.78 is 5.81. The van der Waals surface area contributed by atoms with Crippen LogP contribution in [-0.2, 0) is 9.53 Å². The average molecular weight is 294 g/mol. The average Bonchev–Trinajstić information content (AvgIpc) is 2.75. The summed E-state index contributed by atoms with van der Waals surface area (Å²) in [6.07, 6.45) is 10.3. The Kier molecular flexibility index (Phi) is 5.05. The van der Waals surface area contributed by atoms with Crippen molar-refractivity contribution in [2.75, 3.05) is 0 Å². The molecule has 0 saturated heterocycles. The zero-order valence-electron chi connectivity index (χ0n) is 14.7. The molecule has 0 N–H and O–H groups in total. The van der Waals surface area contributed by atoms with Crippen molar-refractivity contribution in [3.8, 4) is 0 Å². The maximum atomic E-state index is 12.3. The lowest BCUT2D eigenvalue weighted by atomic mass is 9.77. The van der Waals surface area contributed by atoms with Crippen molar-refractivity contribution in [3.63, 3.8) is 0 Å². The van der Waals surface area contributed by atoms with Crippen LogP contribution >= 0.6 is 0 Å². The Morgan fingerprint density at radius 3 is 2.14 bits per heavy atom. The summed E-state index contributed by atoms with van der Waals surface area (Å²) in [6, 6.07) is 0. The predicted molar refractivity (Wildman–Crippen MR) is 87.0 cm³/mol. The minimum Gasteiger partial charge on any atom is -0.459 e. The molecule has 21 heavy (non-hydrogen) atoms.